The highest BCUT2D eigenvalue weighted by Crippen LogP contribution is 2.28. The number of amides is 1. The molecule has 1 aromatic heterocycles. The van der Waals surface area contributed by atoms with Crippen molar-refractivity contribution in [1.82, 2.24) is 10.2 Å². The number of aryl methyl sites for hydroxylation is 1. The minimum atomic E-state index is -0.204. The van der Waals surface area contributed by atoms with Crippen LogP contribution in [0.1, 0.15) is 31.3 Å². The van der Waals surface area contributed by atoms with E-state index in [-0.39, 0.29) is 11.9 Å². The van der Waals surface area contributed by atoms with Crippen molar-refractivity contribution in [2.45, 2.75) is 26.8 Å². The number of aromatic nitrogens is 2. The first-order chi connectivity index (χ1) is 12.4. The largest absolute Gasteiger partial charge is 0.418 e. The van der Waals surface area contributed by atoms with Gasteiger partial charge in [-0.3, -0.25) is 4.79 Å². The quantitative estimate of drug-likeness (QED) is 0.672. The van der Waals surface area contributed by atoms with Gasteiger partial charge in [0.2, 0.25) is 17.7 Å². The van der Waals surface area contributed by atoms with E-state index < -0.39 is 0 Å². The zero-order valence-electron chi connectivity index (χ0n) is 14.7. The Morgan fingerprint density at radius 1 is 1.15 bits per heavy atom. The number of carbonyl (C=O) groups excluding carboxylic acids is 1. The number of halogens is 1. The third kappa shape index (κ3) is 4.21. The van der Waals surface area contributed by atoms with E-state index in [1.54, 1.807) is 12.1 Å². The van der Waals surface area contributed by atoms with E-state index in [2.05, 4.69) is 20.8 Å². The summed E-state index contributed by atoms with van der Waals surface area (Å²) < 4.78 is 5.78. The molecule has 0 radical (unpaired) electrons. The van der Waals surface area contributed by atoms with Gasteiger partial charge in [-0.2, -0.15) is 0 Å². The Kier molecular flexibility index (Phi) is 5.23. The molecule has 1 heterocycles. The van der Waals surface area contributed by atoms with Crippen molar-refractivity contribution in [1.29, 1.82) is 0 Å². The van der Waals surface area contributed by atoms with Gasteiger partial charge in [0, 0.05) is 18.2 Å². The van der Waals surface area contributed by atoms with E-state index in [4.69, 9.17) is 16.0 Å². The molecule has 1 unspecified atom stereocenters. The summed E-state index contributed by atoms with van der Waals surface area (Å²) >= 11 is 6.19. The second-order valence-corrected chi connectivity index (χ2v) is 6.46. The van der Waals surface area contributed by atoms with Gasteiger partial charge in [0.1, 0.15) is 6.04 Å². The summed E-state index contributed by atoms with van der Waals surface area (Å²) in [6, 6.07) is 13.0. The maximum absolute atomic E-state index is 11.1. The molecule has 0 aliphatic rings. The molecule has 0 spiro atoms. The lowest BCUT2D eigenvalue weighted by Crippen LogP contribution is -2.08. The smallest absolute Gasteiger partial charge is 0.247 e. The number of nitrogens with zero attached hydrogens (tertiary/aromatic N) is 2. The molecule has 2 N–H and O–H groups in total. The molecule has 0 aliphatic heterocycles. The summed E-state index contributed by atoms with van der Waals surface area (Å²) in [5.74, 6) is 0.783. The van der Waals surface area contributed by atoms with Crippen molar-refractivity contribution in [3.05, 3.63) is 58.9 Å². The van der Waals surface area contributed by atoms with Crippen LogP contribution in [0.15, 0.2) is 46.9 Å². The summed E-state index contributed by atoms with van der Waals surface area (Å²) in [5.41, 5.74) is 3.40. The van der Waals surface area contributed by atoms with Crippen molar-refractivity contribution in [2.24, 2.45) is 0 Å². The molecule has 26 heavy (non-hydrogen) atoms. The molecule has 0 aliphatic carbocycles. The number of benzene rings is 2. The molecule has 0 bridgehead atoms. The standard InChI is InChI=1S/C19H19ClN4O2/c1-11-4-6-14(7-5-11)19-24-23-18(26-19)12(2)21-15-8-9-17(16(20)10-15)22-13(3)25/h4-10,12,21H,1-3H3,(H,22,25). The Bertz CT molecular complexity index is 922. The van der Waals surface area contributed by atoms with E-state index in [0.717, 1.165) is 11.3 Å². The molecule has 0 saturated heterocycles. The fraction of sp³-hybridized carbons (Fsp3) is 0.211. The van der Waals surface area contributed by atoms with Gasteiger partial charge in [0.05, 0.1) is 10.7 Å². The molecule has 7 heteroatoms. The maximum Gasteiger partial charge on any atom is 0.247 e. The SMILES string of the molecule is CC(=O)Nc1ccc(NC(C)c2nnc(-c3ccc(C)cc3)o2)cc1Cl. The summed E-state index contributed by atoms with van der Waals surface area (Å²) in [6.45, 7) is 5.38. The van der Waals surface area contributed by atoms with Gasteiger partial charge in [-0.05, 0) is 44.2 Å². The third-order valence-electron chi connectivity index (χ3n) is 3.77. The van der Waals surface area contributed by atoms with Crippen molar-refractivity contribution >= 4 is 28.9 Å². The summed E-state index contributed by atoms with van der Waals surface area (Å²) in [6.07, 6.45) is 0. The van der Waals surface area contributed by atoms with Crippen LogP contribution in [0.5, 0.6) is 0 Å². The van der Waals surface area contributed by atoms with Crippen LogP contribution in [0, 0.1) is 6.92 Å². The van der Waals surface area contributed by atoms with Crippen molar-refractivity contribution in [3.63, 3.8) is 0 Å². The van der Waals surface area contributed by atoms with Crippen LogP contribution in [0.25, 0.3) is 11.5 Å². The van der Waals surface area contributed by atoms with Gasteiger partial charge in [-0.1, -0.05) is 29.3 Å². The number of rotatable bonds is 5. The van der Waals surface area contributed by atoms with Crippen molar-refractivity contribution < 1.29 is 9.21 Å². The second kappa shape index (κ2) is 7.58. The number of hydrogen-bond donors (Lipinski definition) is 2. The highest BCUT2D eigenvalue weighted by Gasteiger charge is 2.15. The molecule has 1 atom stereocenters. The number of hydrogen-bond acceptors (Lipinski definition) is 5. The third-order valence-corrected chi connectivity index (χ3v) is 4.09. The fourth-order valence-corrected chi connectivity index (χ4v) is 2.66. The average molecular weight is 371 g/mol. The normalized spacial score (nSPS) is 11.8. The van der Waals surface area contributed by atoms with E-state index in [1.165, 1.54) is 12.5 Å². The molecule has 3 aromatic rings. The minimum absolute atomic E-state index is 0.171. The fourth-order valence-electron chi connectivity index (χ4n) is 2.43. The van der Waals surface area contributed by atoms with E-state index >= 15 is 0 Å². The van der Waals surface area contributed by atoms with Gasteiger partial charge < -0.3 is 15.1 Å². The minimum Gasteiger partial charge on any atom is -0.418 e. The molecule has 0 saturated carbocycles. The van der Waals surface area contributed by atoms with Crippen LogP contribution in [-0.2, 0) is 4.79 Å². The number of carbonyl (C=O) groups is 1. The predicted octanol–water partition coefficient (Wildman–Crippen LogP) is 4.83. The van der Waals surface area contributed by atoms with E-state index in [9.17, 15) is 4.79 Å². The molecule has 2 aromatic carbocycles. The van der Waals surface area contributed by atoms with Crippen molar-refractivity contribution in [3.8, 4) is 11.5 Å². The first-order valence-electron chi connectivity index (χ1n) is 8.16. The van der Waals surface area contributed by atoms with E-state index in [1.807, 2.05) is 44.2 Å². The zero-order valence-corrected chi connectivity index (χ0v) is 15.5. The molecule has 1 amide bonds. The molecule has 134 valence electrons. The lowest BCUT2D eigenvalue weighted by molar-refractivity contribution is -0.114. The molecule has 0 fully saturated rings. The molecule has 3 rings (SSSR count). The second-order valence-electron chi connectivity index (χ2n) is 6.05. The van der Waals surface area contributed by atoms with Gasteiger partial charge in [0.25, 0.3) is 0 Å². The lowest BCUT2D eigenvalue weighted by Gasteiger charge is -2.13. The Morgan fingerprint density at radius 3 is 2.54 bits per heavy atom. The Morgan fingerprint density at radius 2 is 1.88 bits per heavy atom. The average Bonchev–Trinajstić information content (AvgIpc) is 3.08. The van der Waals surface area contributed by atoms with E-state index in [0.29, 0.717) is 22.5 Å². The summed E-state index contributed by atoms with van der Waals surface area (Å²) in [5, 5.41) is 14.6. The topological polar surface area (TPSA) is 80.0 Å². The van der Waals surface area contributed by atoms with Gasteiger partial charge >= 0.3 is 0 Å². The van der Waals surface area contributed by atoms with Crippen LogP contribution >= 0.6 is 11.6 Å². The monoisotopic (exact) mass is 370 g/mol. The summed E-state index contributed by atoms with van der Waals surface area (Å²) in [7, 11) is 0. The first kappa shape index (κ1) is 17.9. The van der Waals surface area contributed by atoms with Crippen molar-refractivity contribution in [2.75, 3.05) is 10.6 Å². The van der Waals surface area contributed by atoms with Crippen LogP contribution in [0.2, 0.25) is 5.02 Å². The number of anilines is 2. The highest BCUT2D eigenvalue weighted by atomic mass is 35.5. The Hall–Kier alpha value is -2.86. The van der Waals surface area contributed by atoms with Crippen LogP contribution in [0.4, 0.5) is 11.4 Å². The lowest BCUT2D eigenvalue weighted by atomic mass is 10.1. The summed E-state index contributed by atoms with van der Waals surface area (Å²) in [4.78, 5) is 11.1. The van der Waals surface area contributed by atoms with Gasteiger partial charge in [-0.15, -0.1) is 10.2 Å². The van der Waals surface area contributed by atoms with Crippen LogP contribution in [-0.4, -0.2) is 16.1 Å². The number of nitrogens with one attached hydrogen (secondary N) is 2. The van der Waals surface area contributed by atoms with Crippen LogP contribution in [0.3, 0.4) is 0 Å². The molecular formula is C19H19ClN4O2. The Labute approximate surface area is 156 Å². The Balaban J connectivity index is 1.72. The zero-order chi connectivity index (χ0) is 18.7. The molecular weight excluding hydrogens is 352 g/mol. The van der Waals surface area contributed by atoms with Gasteiger partial charge in [0.15, 0.2) is 0 Å². The highest BCUT2D eigenvalue weighted by molar-refractivity contribution is 6.34. The van der Waals surface area contributed by atoms with Crippen LogP contribution < -0.4 is 10.6 Å². The predicted molar refractivity (Wildman–Crippen MR) is 102 cm³/mol. The van der Waals surface area contributed by atoms with Gasteiger partial charge in [-0.25, -0.2) is 0 Å². The molecule has 6 nitrogen and oxygen atoms in total. The maximum atomic E-state index is 11.1. The first-order valence-corrected chi connectivity index (χ1v) is 8.54.